The number of nitrogens with zero attached hydrogens (tertiary/aromatic N) is 3. The molecule has 0 rings (SSSR count). The quantitative estimate of drug-likeness (QED) is 0.268. The zero-order valence-electron chi connectivity index (χ0n) is 18.4. The molecule has 0 aliphatic carbocycles. The third-order valence-electron chi connectivity index (χ3n) is 3.21. The van der Waals surface area contributed by atoms with Crippen molar-refractivity contribution in [2.75, 3.05) is 0 Å². The largest absolute Gasteiger partial charge is 0.759 e. The maximum Gasteiger partial charge on any atom is 0.759 e. The van der Waals surface area contributed by atoms with Gasteiger partial charge in [-0.2, -0.15) is 0 Å². The molecule has 0 bridgehead atoms. The topological polar surface area (TPSA) is 64.8 Å². The standard InChI is InChI=1S/C19H39N3O3Si.H4Si/c1-14(2)11-17(7)20-23-26(10,24-21-18(8)12-15(3)4)25-22-19(9)13-16(5)6;/h14-16H,11-13H2,1-10H3;1H4. The molecule has 0 aromatic carbocycles. The van der Waals surface area contributed by atoms with Crippen molar-refractivity contribution in [3.05, 3.63) is 0 Å². The lowest BCUT2D eigenvalue weighted by molar-refractivity contribution is 0.0720. The molecule has 0 heterocycles. The van der Waals surface area contributed by atoms with Gasteiger partial charge in [-0.15, -0.1) is 15.5 Å². The fourth-order valence-corrected chi connectivity index (χ4v) is 3.48. The third-order valence-corrected chi connectivity index (χ3v) is 4.48. The first-order valence-electron chi connectivity index (χ1n) is 9.58. The van der Waals surface area contributed by atoms with Crippen molar-refractivity contribution in [1.29, 1.82) is 0 Å². The maximum atomic E-state index is 5.67. The molecular weight excluding hydrogens is 374 g/mol. The monoisotopic (exact) mass is 417 g/mol. The van der Waals surface area contributed by atoms with Crippen LogP contribution >= 0.6 is 0 Å². The lowest BCUT2D eigenvalue weighted by atomic mass is 10.1. The summed E-state index contributed by atoms with van der Waals surface area (Å²) in [4.78, 5) is 0. The average molecular weight is 418 g/mol. The number of oxime groups is 3. The van der Waals surface area contributed by atoms with Crippen molar-refractivity contribution in [3.8, 4) is 0 Å². The summed E-state index contributed by atoms with van der Waals surface area (Å²) >= 11 is 0. The fraction of sp³-hybridized carbons (Fsp3) is 0.842. The highest BCUT2D eigenvalue weighted by Gasteiger charge is 2.45. The van der Waals surface area contributed by atoms with Gasteiger partial charge >= 0.3 is 8.80 Å². The van der Waals surface area contributed by atoms with Gasteiger partial charge in [0.1, 0.15) is 0 Å². The molecule has 0 spiro atoms. The molecule has 0 aromatic heterocycles. The molecule has 27 heavy (non-hydrogen) atoms. The summed E-state index contributed by atoms with van der Waals surface area (Å²) < 4.78 is 17.0. The lowest BCUT2D eigenvalue weighted by Gasteiger charge is -2.19. The molecule has 0 fully saturated rings. The Balaban J connectivity index is 0. The summed E-state index contributed by atoms with van der Waals surface area (Å²) in [5, 5.41) is 12.6. The van der Waals surface area contributed by atoms with E-state index in [0.717, 1.165) is 36.4 Å². The Bertz CT molecular complexity index is 435. The minimum absolute atomic E-state index is 0. The highest BCUT2D eigenvalue weighted by molar-refractivity contribution is 6.59. The molecule has 0 aliphatic heterocycles. The fourth-order valence-electron chi connectivity index (χ4n) is 2.42. The van der Waals surface area contributed by atoms with Gasteiger partial charge < -0.3 is 13.6 Å². The normalized spacial score (nSPS) is 15.7. The van der Waals surface area contributed by atoms with Gasteiger partial charge in [-0.3, -0.25) is 0 Å². The third kappa shape index (κ3) is 15.6. The summed E-state index contributed by atoms with van der Waals surface area (Å²) in [5.74, 6) is 1.53. The van der Waals surface area contributed by atoms with Gasteiger partial charge in [0.25, 0.3) is 0 Å². The van der Waals surface area contributed by atoms with Gasteiger partial charge in [-0.05, 0) is 68.8 Å². The van der Waals surface area contributed by atoms with Crippen molar-refractivity contribution in [3.63, 3.8) is 0 Å². The summed E-state index contributed by atoms with van der Waals surface area (Å²) in [6.07, 6.45) is 2.57. The summed E-state index contributed by atoms with van der Waals surface area (Å²) in [6, 6.07) is 0. The van der Waals surface area contributed by atoms with Gasteiger partial charge in [-0.25, -0.2) is 0 Å². The molecule has 0 unspecified atom stereocenters. The number of hydrogen-bond acceptors (Lipinski definition) is 6. The Morgan fingerprint density at radius 1 is 0.630 bits per heavy atom. The molecule has 0 N–H and O–H groups in total. The van der Waals surface area contributed by atoms with Crippen LogP contribution in [0.2, 0.25) is 6.55 Å². The van der Waals surface area contributed by atoms with E-state index in [1.807, 2.05) is 20.8 Å². The highest BCUT2D eigenvalue weighted by Crippen LogP contribution is 2.15. The predicted octanol–water partition coefficient (Wildman–Crippen LogP) is 4.42. The van der Waals surface area contributed by atoms with E-state index in [1.54, 1.807) is 6.55 Å². The second-order valence-corrected chi connectivity index (χ2v) is 10.7. The van der Waals surface area contributed by atoms with E-state index in [0.29, 0.717) is 17.8 Å². The highest BCUT2D eigenvalue weighted by atomic mass is 28.4. The van der Waals surface area contributed by atoms with Crippen LogP contribution in [0.3, 0.4) is 0 Å². The van der Waals surface area contributed by atoms with Gasteiger partial charge in [0, 0.05) is 6.55 Å². The van der Waals surface area contributed by atoms with Crippen molar-refractivity contribution in [2.24, 2.45) is 33.2 Å². The Labute approximate surface area is 172 Å². The maximum absolute atomic E-state index is 5.67. The SMILES string of the molecule is CC(CC(C)C)=NO[Si](C)(ON=C(C)CC(C)C)ON=C(C)CC(C)C.[SiH4]. The van der Waals surface area contributed by atoms with Crippen LogP contribution in [0.25, 0.3) is 0 Å². The molecule has 0 saturated carbocycles. The van der Waals surface area contributed by atoms with Crippen molar-refractivity contribution < 1.29 is 13.6 Å². The molecule has 160 valence electrons. The van der Waals surface area contributed by atoms with E-state index < -0.39 is 8.80 Å². The van der Waals surface area contributed by atoms with Crippen LogP contribution in [0.5, 0.6) is 0 Å². The van der Waals surface area contributed by atoms with E-state index in [9.17, 15) is 0 Å². The minimum atomic E-state index is -3.15. The first kappa shape index (κ1) is 28.1. The predicted molar refractivity (Wildman–Crippen MR) is 124 cm³/mol. The van der Waals surface area contributed by atoms with E-state index in [4.69, 9.17) is 13.6 Å². The van der Waals surface area contributed by atoms with Crippen LogP contribution in [0.1, 0.15) is 81.6 Å². The molecule has 8 heteroatoms. The van der Waals surface area contributed by atoms with Crippen LogP contribution in [0, 0.1) is 17.8 Å². The molecular formula is C19H43N3O3Si2. The van der Waals surface area contributed by atoms with Gasteiger partial charge in [0.05, 0.1) is 17.1 Å². The minimum Gasteiger partial charge on any atom is -0.373 e. The zero-order valence-corrected chi connectivity index (χ0v) is 19.4. The van der Waals surface area contributed by atoms with Crippen LogP contribution < -0.4 is 0 Å². The van der Waals surface area contributed by atoms with Gasteiger partial charge in [0.2, 0.25) is 0 Å². The Morgan fingerprint density at radius 3 is 1.04 bits per heavy atom. The van der Waals surface area contributed by atoms with Gasteiger partial charge in [0.15, 0.2) is 0 Å². The molecule has 6 nitrogen and oxygen atoms in total. The van der Waals surface area contributed by atoms with E-state index >= 15 is 0 Å². The second-order valence-electron chi connectivity index (χ2n) is 8.41. The van der Waals surface area contributed by atoms with E-state index in [-0.39, 0.29) is 11.0 Å². The van der Waals surface area contributed by atoms with Crippen LogP contribution in [0.4, 0.5) is 0 Å². The lowest BCUT2D eigenvalue weighted by Crippen LogP contribution is -2.38. The van der Waals surface area contributed by atoms with E-state index in [1.165, 1.54) is 0 Å². The number of hydrogen-bond donors (Lipinski definition) is 0. The molecule has 0 atom stereocenters. The van der Waals surface area contributed by atoms with Crippen molar-refractivity contribution in [2.45, 2.75) is 88.1 Å². The van der Waals surface area contributed by atoms with Crippen LogP contribution in [-0.2, 0) is 13.6 Å². The van der Waals surface area contributed by atoms with Crippen LogP contribution in [-0.4, -0.2) is 36.9 Å². The summed E-state index contributed by atoms with van der Waals surface area (Å²) in [6.45, 7) is 20.4. The summed E-state index contributed by atoms with van der Waals surface area (Å²) in [5.41, 5.74) is 2.70. The molecule has 0 radical (unpaired) electrons. The smallest absolute Gasteiger partial charge is 0.373 e. The van der Waals surface area contributed by atoms with Gasteiger partial charge in [-0.1, -0.05) is 41.5 Å². The Kier molecular flexibility index (Phi) is 14.5. The average Bonchev–Trinajstić information content (AvgIpc) is 2.47. The molecule has 0 aliphatic rings. The molecule has 0 amide bonds. The second kappa shape index (κ2) is 13.9. The molecule has 0 saturated heterocycles. The van der Waals surface area contributed by atoms with E-state index in [2.05, 4.69) is 57.0 Å². The first-order valence-corrected chi connectivity index (χ1v) is 11.8. The summed E-state index contributed by atoms with van der Waals surface area (Å²) in [7, 11) is -3.15. The van der Waals surface area contributed by atoms with Crippen molar-refractivity contribution >= 4 is 36.9 Å². The number of rotatable bonds is 12. The van der Waals surface area contributed by atoms with Crippen LogP contribution in [0.15, 0.2) is 15.5 Å². The zero-order chi connectivity index (χ0) is 20.3. The Hall–Kier alpha value is -1.16. The first-order chi connectivity index (χ1) is 11.9. The Morgan fingerprint density at radius 2 is 0.852 bits per heavy atom. The molecule has 0 aromatic rings. The van der Waals surface area contributed by atoms with Crippen molar-refractivity contribution in [1.82, 2.24) is 0 Å².